The first-order valence-corrected chi connectivity index (χ1v) is 7.87. The SMILES string of the molecule is Cc1ccc(-c2nn(Cc3ccccc3Br)cc2N)s1. The topological polar surface area (TPSA) is 43.8 Å². The molecule has 3 rings (SSSR count). The summed E-state index contributed by atoms with van der Waals surface area (Å²) in [5.41, 5.74) is 8.86. The number of aryl methyl sites for hydroxylation is 1. The minimum atomic E-state index is 0.704. The summed E-state index contributed by atoms with van der Waals surface area (Å²) in [5, 5.41) is 4.61. The second-order valence-corrected chi connectivity index (χ2v) is 6.77. The van der Waals surface area contributed by atoms with Crippen LogP contribution in [-0.2, 0) is 6.54 Å². The fourth-order valence-electron chi connectivity index (χ4n) is 2.07. The summed E-state index contributed by atoms with van der Waals surface area (Å²) in [4.78, 5) is 2.38. The molecule has 0 aliphatic heterocycles. The van der Waals surface area contributed by atoms with Crippen molar-refractivity contribution in [3.8, 4) is 10.6 Å². The first-order valence-electron chi connectivity index (χ1n) is 6.26. The van der Waals surface area contributed by atoms with Gasteiger partial charge in [0.25, 0.3) is 0 Å². The third kappa shape index (κ3) is 2.64. The molecule has 1 aromatic carbocycles. The van der Waals surface area contributed by atoms with Gasteiger partial charge in [-0.2, -0.15) is 5.10 Å². The molecule has 0 radical (unpaired) electrons. The summed E-state index contributed by atoms with van der Waals surface area (Å²) in [6, 6.07) is 12.3. The quantitative estimate of drug-likeness (QED) is 0.766. The molecule has 0 bridgehead atoms. The largest absolute Gasteiger partial charge is 0.396 e. The summed E-state index contributed by atoms with van der Waals surface area (Å²) in [6.45, 7) is 2.79. The van der Waals surface area contributed by atoms with Crippen molar-refractivity contribution in [2.75, 3.05) is 5.73 Å². The lowest BCUT2D eigenvalue weighted by atomic mass is 10.2. The van der Waals surface area contributed by atoms with Crippen LogP contribution >= 0.6 is 27.3 Å². The maximum atomic E-state index is 6.09. The van der Waals surface area contributed by atoms with Gasteiger partial charge >= 0.3 is 0 Å². The van der Waals surface area contributed by atoms with Gasteiger partial charge in [0.05, 0.1) is 17.1 Å². The lowest BCUT2D eigenvalue weighted by Crippen LogP contribution is -2.00. The highest BCUT2D eigenvalue weighted by molar-refractivity contribution is 9.10. The average molecular weight is 348 g/mol. The van der Waals surface area contributed by atoms with E-state index in [9.17, 15) is 0 Å². The number of hydrogen-bond acceptors (Lipinski definition) is 3. The lowest BCUT2D eigenvalue weighted by molar-refractivity contribution is 0.688. The molecule has 102 valence electrons. The van der Waals surface area contributed by atoms with Crippen LogP contribution in [0.25, 0.3) is 10.6 Å². The van der Waals surface area contributed by atoms with Crippen LogP contribution in [0, 0.1) is 6.92 Å². The van der Waals surface area contributed by atoms with E-state index in [1.807, 2.05) is 29.1 Å². The molecule has 2 N–H and O–H groups in total. The van der Waals surface area contributed by atoms with Crippen LogP contribution in [0.2, 0.25) is 0 Å². The Balaban J connectivity index is 1.91. The molecule has 0 spiro atoms. The smallest absolute Gasteiger partial charge is 0.125 e. The number of halogens is 1. The Morgan fingerprint density at radius 2 is 2.05 bits per heavy atom. The van der Waals surface area contributed by atoms with E-state index >= 15 is 0 Å². The van der Waals surface area contributed by atoms with Crippen molar-refractivity contribution in [2.24, 2.45) is 0 Å². The number of thiophene rings is 1. The van der Waals surface area contributed by atoms with Crippen molar-refractivity contribution in [1.82, 2.24) is 9.78 Å². The van der Waals surface area contributed by atoms with Gasteiger partial charge in [-0.15, -0.1) is 11.3 Å². The highest BCUT2D eigenvalue weighted by Gasteiger charge is 2.11. The van der Waals surface area contributed by atoms with Gasteiger partial charge in [-0.3, -0.25) is 4.68 Å². The predicted molar refractivity (Wildman–Crippen MR) is 87.9 cm³/mol. The maximum Gasteiger partial charge on any atom is 0.125 e. The predicted octanol–water partition coefficient (Wildman–Crippen LogP) is 4.31. The van der Waals surface area contributed by atoms with Crippen molar-refractivity contribution < 1.29 is 0 Å². The molecule has 2 heterocycles. The Kier molecular flexibility index (Phi) is 3.63. The van der Waals surface area contributed by atoms with Crippen LogP contribution in [0.5, 0.6) is 0 Å². The van der Waals surface area contributed by atoms with Gasteiger partial charge in [0, 0.05) is 15.5 Å². The van der Waals surface area contributed by atoms with E-state index in [1.165, 1.54) is 10.4 Å². The van der Waals surface area contributed by atoms with E-state index in [0.29, 0.717) is 6.54 Å². The Morgan fingerprint density at radius 3 is 2.75 bits per heavy atom. The molecule has 0 fully saturated rings. The maximum absolute atomic E-state index is 6.09. The number of nitrogens with zero attached hydrogens (tertiary/aromatic N) is 2. The highest BCUT2D eigenvalue weighted by Crippen LogP contribution is 2.30. The van der Waals surface area contributed by atoms with Crippen molar-refractivity contribution in [1.29, 1.82) is 0 Å². The molecule has 0 aliphatic carbocycles. The molecule has 3 aromatic rings. The highest BCUT2D eigenvalue weighted by atomic mass is 79.9. The summed E-state index contributed by atoms with van der Waals surface area (Å²) < 4.78 is 2.97. The van der Waals surface area contributed by atoms with Gasteiger partial charge in [-0.25, -0.2) is 0 Å². The van der Waals surface area contributed by atoms with Crippen LogP contribution in [0.4, 0.5) is 5.69 Å². The minimum Gasteiger partial charge on any atom is -0.396 e. The number of benzene rings is 1. The number of hydrogen-bond donors (Lipinski definition) is 1. The summed E-state index contributed by atoms with van der Waals surface area (Å²) >= 11 is 5.27. The lowest BCUT2D eigenvalue weighted by Gasteiger charge is -2.03. The van der Waals surface area contributed by atoms with Crippen LogP contribution in [0.15, 0.2) is 47.1 Å². The zero-order chi connectivity index (χ0) is 14.1. The summed E-state index contributed by atoms with van der Waals surface area (Å²) in [7, 11) is 0. The molecular weight excluding hydrogens is 334 g/mol. The normalized spacial score (nSPS) is 10.9. The Hall–Kier alpha value is -1.59. The van der Waals surface area contributed by atoms with E-state index in [4.69, 9.17) is 5.73 Å². The van der Waals surface area contributed by atoms with Crippen molar-refractivity contribution in [2.45, 2.75) is 13.5 Å². The second-order valence-electron chi connectivity index (χ2n) is 4.63. The number of nitrogens with two attached hydrogens (primary N) is 1. The van der Waals surface area contributed by atoms with Crippen LogP contribution in [0.1, 0.15) is 10.4 Å². The molecule has 2 aromatic heterocycles. The molecular formula is C15H14BrN3S. The average Bonchev–Trinajstić information content (AvgIpc) is 2.98. The minimum absolute atomic E-state index is 0.704. The summed E-state index contributed by atoms with van der Waals surface area (Å²) in [5.74, 6) is 0. The standard InChI is InChI=1S/C15H14BrN3S/c1-10-6-7-14(20-10)15-13(17)9-19(18-15)8-11-4-2-3-5-12(11)16/h2-7,9H,8,17H2,1H3. The Morgan fingerprint density at radius 1 is 1.25 bits per heavy atom. The van der Waals surface area contributed by atoms with Gasteiger partial charge in [-0.1, -0.05) is 34.1 Å². The molecule has 5 heteroatoms. The van der Waals surface area contributed by atoms with E-state index in [-0.39, 0.29) is 0 Å². The van der Waals surface area contributed by atoms with Crippen molar-refractivity contribution in [3.05, 3.63) is 57.5 Å². The number of aromatic nitrogens is 2. The van der Waals surface area contributed by atoms with Crippen molar-refractivity contribution >= 4 is 33.0 Å². The first-order chi connectivity index (χ1) is 9.63. The Labute approximate surface area is 130 Å². The number of rotatable bonds is 3. The van der Waals surface area contributed by atoms with Gasteiger partial charge < -0.3 is 5.73 Å². The van der Waals surface area contributed by atoms with Crippen molar-refractivity contribution in [3.63, 3.8) is 0 Å². The van der Waals surface area contributed by atoms with E-state index < -0.39 is 0 Å². The molecule has 0 amide bonds. The van der Waals surface area contributed by atoms with E-state index in [1.54, 1.807) is 11.3 Å². The van der Waals surface area contributed by atoms with Gasteiger partial charge in [0.15, 0.2) is 0 Å². The van der Waals surface area contributed by atoms with Gasteiger partial charge in [0.1, 0.15) is 5.69 Å². The number of anilines is 1. The molecule has 3 nitrogen and oxygen atoms in total. The molecule has 0 saturated heterocycles. The molecule has 0 saturated carbocycles. The van der Waals surface area contributed by atoms with E-state index in [0.717, 1.165) is 20.7 Å². The van der Waals surface area contributed by atoms with Crippen LogP contribution < -0.4 is 5.73 Å². The third-order valence-electron chi connectivity index (χ3n) is 3.05. The fraction of sp³-hybridized carbons (Fsp3) is 0.133. The zero-order valence-corrected chi connectivity index (χ0v) is 13.4. The molecule has 0 unspecified atom stereocenters. The van der Waals surface area contributed by atoms with E-state index in [2.05, 4.69) is 46.2 Å². The van der Waals surface area contributed by atoms with Crippen LogP contribution in [-0.4, -0.2) is 9.78 Å². The van der Waals surface area contributed by atoms with Crippen LogP contribution in [0.3, 0.4) is 0 Å². The van der Waals surface area contributed by atoms with Gasteiger partial charge in [0.2, 0.25) is 0 Å². The number of nitrogen functional groups attached to an aromatic ring is 1. The van der Waals surface area contributed by atoms with Gasteiger partial charge in [-0.05, 0) is 30.7 Å². The molecule has 0 aliphatic rings. The second kappa shape index (κ2) is 5.42. The monoisotopic (exact) mass is 347 g/mol. The Bertz CT molecular complexity index is 745. The third-order valence-corrected chi connectivity index (χ3v) is 4.83. The zero-order valence-electron chi connectivity index (χ0n) is 11.0. The summed E-state index contributed by atoms with van der Waals surface area (Å²) in [6.07, 6.45) is 1.89. The molecule has 20 heavy (non-hydrogen) atoms. The first kappa shape index (κ1) is 13.4. The molecule has 0 atom stereocenters. The fourth-order valence-corrected chi connectivity index (χ4v) is 3.36.